The number of morpholine rings is 1. The summed E-state index contributed by atoms with van der Waals surface area (Å²) in [5, 5.41) is 7.32. The Bertz CT molecular complexity index is 1270. The molecular formula is C22H17F2N5O. The molecule has 2 aliphatic rings. The van der Waals surface area contributed by atoms with Gasteiger partial charge >= 0.3 is 5.92 Å². The van der Waals surface area contributed by atoms with Gasteiger partial charge in [-0.05, 0) is 23.3 Å². The van der Waals surface area contributed by atoms with Crippen molar-refractivity contribution in [2.45, 2.75) is 5.92 Å². The minimum Gasteiger partial charge on any atom is -0.378 e. The molecule has 30 heavy (non-hydrogen) atoms. The molecule has 0 saturated carbocycles. The van der Waals surface area contributed by atoms with Crippen molar-refractivity contribution in [2.75, 3.05) is 31.2 Å². The number of alkyl halides is 2. The summed E-state index contributed by atoms with van der Waals surface area (Å²) in [5.74, 6) is -2.41. The number of halogens is 2. The molecule has 1 aliphatic carbocycles. The van der Waals surface area contributed by atoms with Crippen molar-refractivity contribution in [3.63, 3.8) is 0 Å². The van der Waals surface area contributed by atoms with Gasteiger partial charge in [-0.25, -0.2) is 4.98 Å². The molecule has 6 nitrogen and oxygen atoms in total. The van der Waals surface area contributed by atoms with Gasteiger partial charge in [0.15, 0.2) is 0 Å². The number of benzene rings is 1. The topological polar surface area (TPSA) is 66.9 Å². The van der Waals surface area contributed by atoms with Crippen molar-refractivity contribution in [1.82, 2.24) is 20.2 Å². The van der Waals surface area contributed by atoms with E-state index in [1.54, 1.807) is 30.5 Å². The van der Waals surface area contributed by atoms with Gasteiger partial charge in [0.05, 0.1) is 24.5 Å². The summed E-state index contributed by atoms with van der Waals surface area (Å²) in [6.07, 6.45) is 2.88. The molecule has 6 rings (SSSR count). The quantitative estimate of drug-likeness (QED) is 0.547. The first kappa shape index (κ1) is 17.5. The zero-order chi connectivity index (χ0) is 20.3. The number of ether oxygens (including phenoxy) is 1. The zero-order valence-corrected chi connectivity index (χ0v) is 15.9. The second-order valence-corrected chi connectivity index (χ2v) is 7.46. The summed E-state index contributed by atoms with van der Waals surface area (Å²) >= 11 is 0. The summed E-state index contributed by atoms with van der Waals surface area (Å²) in [6.45, 7) is 2.61. The lowest BCUT2D eigenvalue weighted by Crippen LogP contribution is -2.37. The third-order valence-electron chi connectivity index (χ3n) is 5.81. The molecule has 1 aliphatic heterocycles. The first-order valence-electron chi connectivity index (χ1n) is 9.79. The van der Waals surface area contributed by atoms with Crippen LogP contribution in [0.25, 0.3) is 33.4 Å². The van der Waals surface area contributed by atoms with Crippen LogP contribution in [0.3, 0.4) is 0 Å². The van der Waals surface area contributed by atoms with Crippen LogP contribution < -0.4 is 4.90 Å². The number of aromatic amines is 1. The van der Waals surface area contributed by atoms with Crippen molar-refractivity contribution in [2.24, 2.45) is 0 Å². The van der Waals surface area contributed by atoms with Crippen LogP contribution in [-0.4, -0.2) is 46.5 Å². The van der Waals surface area contributed by atoms with E-state index in [1.165, 1.54) is 12.3 Å². The number of nitrogens with one attached hydrogen (secondary N) is 1. The van der Waals surface area contributed by atoms with E-state index in [0.717, 1.165) is 11.4 Å². The molecule has 1 N–H and O–H groups in total. The molecule has 0 amide bonds. The molecule has 4 heterocycles. The number of hydrogen-bond acceptors (Lipinski definition) is 5. The summed E-state index contributed by atoms with van der Waals surface area (Å²) in [6, 6.07) is 10.4. The fourth-order valence-corrected chi connectivity index (χ4v) is 4.36. The van der Waals surface area contributed by atoms with Crippen LogP contribution in [0.4, 0.5) is 14.6 Å². The molecule has 0 bridgehead atoms. The van der Waals surface area contributed by atoms with E-state index in [2.05, 4.69) is 20.1 Å². The first-order valence-corrected chi connectivity index (χ1v) is 9.79. The number of anilines is 1. The van der Waals surface area contributed by atoms with Gasteiger partial charge in [0, 0.05) is 36.4 Å². The summed E-state index contributed by atoms with van der Waals surface area (Å²) in [4.78, 5) is 11.3. The second-order valence-electron chi connectivity index (χ2n) is 7.46. The fraction of sp³-hybridized carbons (Fsp3) is 0.227. The van der Waals surface area contributed by atoms with Crippen LogP contribution in [0.5, 0.6) is 0 Å². The lowest BCUT2D eigenvalue weighted by molar-refractivity contribution is 0.0440. The Balaban J connectivity index is 1.72. The molecule has 8 heteroatoms. The average molecular weight is 405 g/mol. The molecule has 0 unspecified atom stereocenters. The van der Waals surface area contributed by atoms with Crippen molar-refractivity contribution in [1.29, 1.82) is 0 Å². The van der Waals surface area contributed by atoms with Gasteiger partial charge in [-0.15, -0.1) is 0 Å². The van der Waals surface area contributed by atoms with E-state index < -0.39 is 5.92 Å². The second kappa shape index (κ2) is 6.30. The van der Waals surface area contributed by atoms with E-state index in [-0.39, 0.29) is 11.1 Å². The Morgan fingerprint density at radius 2 is 1.87 bits per heavy atom. The molecular weight excluding hydrogens is 388 g/mol. The summed E-state index contributed by atoms with van der Waals surface area (Å²) in [5.41, 5.74) is 2.76. The highest BCUT2D eigenvalue weighted by atomic mass is 19.3. The van der Waals surface area contributed by atoms with E-state index in [0.29, 0.717) is 54.2 Å². The van der Waals surface area contributed by atoms with E-state index in [4.69, 9.17) is 9.72 Å². The molecule has 0 atom stereocenters. The van der Waals surface area contributed by atoms with Crippen LogP contribution in [-0.2, 0) is 10.7 Å². The van der Waals surface area contributed by atoms with Gasteiger partial charge in [-0.1, -0.05) is 24.3 Å². The molecule has 150 valence electrons. The van der Waals surface area contributed by atoms with Crippen LogP contribution in [0.2, 0.25) is 0 Å². The SMILES string of the molecule is FC1(F)c2ccccc2-c2cc(N3CCOCC3)nc3c(-c4ccn[nH]4)ncc1c23. The number of H-pyrrole nitrogens is 1. The van der Waals surface area contributed by atoms with Gasteiger partial charge in [-0.3, -0.25) is 10.1 Å². The van der Waals surface area contributed by atoms with Gasteiger partial charge in [0.1, 0.15) is 17.0 Å². The van der Waals surface area contributed by atoms with Gasteiger partial charge in [-0.2, -0.15) is 13.9 Å². The molecule has 0 spiro atoms. The minimum atomic E-state index is -3.15. The van der Waals surface area contributed by atoms with Crippen LogP contribution in [0.1, 0.15) is 11.1 Å². The van der Waals surface area contributed by atoms with Crippen molar-refractivity contribution in [3.05, 3.63) is 59.9 Å². The minimum absolute atomic E-state index is 0.00554. The maximum atomic E-state index is 15.5. The molecule has 0 radical (unpaired) electrons. The largest absolute Gasteiger partial charge is 0.378 e. The van der Waals surface area contributed by atoms with Gasteiger partial charge in [0.25, 0.3) is 0 Å². The number of aromatic nitrogens is 4. The lowest BCUT2D eigenvalue weighted by Gasteiger charge is -2.31. The average Bonchev–Trinajstić information content (AvgIpc) is 3.32. The standard InChI is InChI=1S/C22H17F2N5O/c23-22(24)15-4-2-1-3-13(15)14-11-18(29-7-9-30-10-8-29)27-21-19(14)16(22)12-25-20(21)17-5-6-26-28-17/h1-6,11-12H,7-10H2,(H,26,28). The normalized spacial score (nSPS) is 17.2. The van der Waals surface area contributed by atoms with E-state index in [1.807, 2.05) is 6.07 Å². The summed E-state index contributed by atoms with van der Waals surface area (Å²) < 4.78 is 36.4. The molecule has 1 aromatic carbocycles. The Labute approximate surface area is 170 Å². The van der Waals surface area contributed by atoms with Crippen LogP contribution >= 0.6 is 0 Å². The zero-order valence-electron chi connectivity index (χ0n) is 15.9. The molecule has 3 aromatic heterocycles. The third kappa shape index (κ3) is 2.40. The van der Waals surface area contributed by atoms with Gasteiger partial charge in [0.2, 0.25) is 0 Å². The number of fused-ring (bicyclic) bond motifs is 2. The van der Waals surface area contributed by atoms with Crippen LogP contribution in [0.15, 0.2) is 48.8 Å². The fourth-order valence-electron chi connectivity index (χ4n) is 4.36. The molecule has 1 saturated heterocycles. The Morgan fingerprint density at radius 1 is 1.03 bits per heavy atom. The molecule has 4 aromatic rings. The lowest BCUT2D eigenvalue weighted by atomic mass is 9.83. The number of pyridine rings is 2. The van der Waals surface area contributed by atoms with Crippen molar-refractivity contribution >= 4 is 16.7 Å². The summed E-state index contributed by atoms with van der Waals surface area (Å²) in [7, 11) is 0. The number of rotatable bonds is 2. The molecule has 1 fully saturated rings. The predicted octanol–water partition coefficient (Wildman–Crippen LogP) is 3.98. The van der Waals surface area contributed by atoms with Crippen LogP contribution in [0, 0.1) is 0 Å². The number of nitrogens with zero attached hydrogens (tertiary/aromatic N) is 4. The van der Waals surface area contributed by atoms with Gasteiger partial charge < -0.3 is 9.64 Å². The Kier molecular flexibility index (Phi) is 3.67. The Hall–Kier alpha value is -3.39. The smallest absolute Gasteiger partial charge is 0.301 e. The highest BCUT2D eigenvalue weighted by Gasteiger charge is 2.43. The third-order valence-corrected chi connectivity index (χ3v) is 5.81. The highest BCUT2D eigenvalue weighted by molar-refractivity contribution is 6.06. The van der Waals surface area contributed by atoms with E-state index >= 15 is 8.78 Å². The first-order chi connectivity index (χ1) is 14.6. The number of hydrogen-bond donors (Lipinski definition) is 1. The van der Waals surface area contributed by atoms with Crippen molar-refractivity contribution in [3.8, 4) is 22.5 Å². The highest BCUT2D eigenvalue weighted by Crippen LogP contribution is 2.51. The predicted molar refractivity (Wildman–Crippen MR) is 109 cm³/mol. The maximum Gasteiger partial charge on any atom is 0.301 e. The van der Waals surface area contributed by atoms with E-state index in [9.17, 15) is 0 Å². The Morgan fingerprint density at radius 3 is 2.67 bits per heavy atom. The van der Waals surface area contributed by atoms with Crippen molar-refractivity contribution < 1.29 is 13.5 Å². The monoisotopic (exact) mass is 405 g/mol. The maximum absolute atomic E-state index is 15.5.